The third-order valence-corrected chi connectivity index (χ3v) is 4.24. The van der Waals surface area contributed by atoms with Crippen LogP contribution in [0.15, 0.2) is 6.33 Å². The summed E-state index contributed by atoms with van der Waals surface area (Å²) in [4.78, 5) is 24.3. The summed E-state index contributed by atoms with van der Waals surface area (Å²) in [5, 5.41) is 0. The second-order valence-corrected chi connectivity index (χ2v) is 5.89. The number of hydrogen-bond acceptors (Lipinski definition) is 7. The number of anilines is 1. The van der Waals surface area contributed by atoms with Gasteiger partial charge in [-0.2, -0.15) is 0 Å². The zero-order chi connectivity index (χ0) is 16.7. The first-order valence-electron chi connectivity index (χ1n) is 7.71. The van der Waals surface area contributed by atoms with Gasteiger partial charge in [0, 0.05) is 12.8 Å². The molecule has 4 atom stereocenters. The van der Waals surface area contributed by atoms with Gasteiger partial charge in [-0.15, -0.1) is 0 Å². The number of aromatic nitrogens is 4. The molecule has 124 valence electrons. The summed E-state index contributed by atoms with van der Waals surface area (Å²) >= 11 is 0. The number of ether oxygens (including phenoxy) is 2. The van der Waals surface area contributed by atoms with E-state index >= 15 is 0 Å². The van der Waals surface area contributed by atoms with E-state index < -0.39 is 12.3 Å². The molecule has 0 bridgehead atoms. The number of fused-ring (bicyclic) bond motifs is 1. The van der Waals surface area contributed by atoms with Gasteiger partial charge in [0.2, 0.25) is 0 Å². The standard InChI is InChI=1S/C15H21N5O3/c1-5-10-7(2)12(22-9(4)21)15(23-10)20-6-17-11-13(16)18-8(3)19-14(11)20/h6-7,10,12,15H,5H2,1-4H3,(H2,16,18,19)/t7-,10-,12-,15?/m1/s1. The first-order valence-corrected chi connectivity index (χ1v) is 7.71. The molecule has 3 rings (SSSR count). The smallest absolute Gasteiger partial charge is 0.303 e. The maximum Gasteiger partial charge on any atom is 0.303 e. The Hall–Kier alpha value is -2.22. The van der Waals surface area contributed by atoms with Gasteiger partial charge in [0.1, 0.15) is 11.3 Å². The Labute approximate surface area is 134 Å². The van der Waals surface area contributed by atoms with E-state index in [0.717, 1.165) is 6.42 Å². The molecule has 0 aromatic carbocycles. The Morgan fingerprint density at radius 2 is 2.22 bits per heavy atom. The predicted octanol–water partition coefficient (Wildman–Crippen LogP) is 1.59. The first-order chi connectivity index (χ1) is 10.9. The van der Waals surface area contributed by atoms with Crippen molar-refractivity contribution in [1.82, 2.24) is 19.5 Å². The summed E-state index contributed by atoms with van der Waals surface area (Å²) in [5.74, 6) is 0.626. The van der Waals surface area contributed by atoms with Crippen LogP contribution in [0.5, 0.6) is 0 Å². The molecule has 8 nitrogen and oxygen atoms in total. The average molecular weight is 319 g/mol. The Morgan fingerprint density at radius 3 is 2.87 bits per heavy atom. The summed E-state index contributed by atoms with van der Waals surface area (Å²) in [5.41, 5.74) is 7.02. The molecule has 1 unspecified atom stereocenters. The SMILES string of the molecule is CC[C@H]1OC(n2cnc3c(N)nc(C)nc32)[C@H](OC(C)=O)[C@@H]1C. The van der Waals surface area contributed by atoms with Crippen LogP contribution in [0.4, 0.5) is 5.82 Å². The monoisotopic (exact) mass is 319 g/mol. The van der Waals surface area contributed by atoms with Crippen molar-refractivity contribution in [2.45, 2.75) is 52.6 Å². The van der Waals surface area contributed by atoms with Crippen molar-refractivity contribution in [3.8, 4) is 0 Å². The molecule has 8 heteroatoms. The maximum atomic E-state index is 11.5. The quantitative estimate of drug-likeness (QED) is 0.856. The zero-order valence-corrected chi connectivity index (χ0v) is 13.7. The summed E-state index contributed by atoms with van der Waals surface area (Å²) in [6.07, 6.45) is 1.57. The normalized spacial score (nSPS) is 27.5. The highest BCUT2D eigenvalue weighted by Gasteiger charge is 2.45. The van der Waals surface area contributed by atoms with Gasteiger partial charge in [-0.05, 0) is 13.3 Å². The van der Waals surface area contributed by atoms with Gasteiger partial charge in [-0.25, -0.2) is 15.0 Å². The van der Waals surface area contributed by atoms with Crippen LogP contribution < -0.4 is 5.73 Å². The number of hydrogen-bond donors (Lipinski definition) is 1. The minimum absolute atomic E-state index is 0.00193. The fourth-order valence-electron chi connectivity index (χ4n) is 3.14. The number of esters is 1. The van der Waals surface area contributed by atoms with E-state index in [2.05, 4.69) is 15.0 Å². The first kappa shape index (κ1) is 15.7. The average Bonchev–Trinajstić information content (AvgIpc) is 3.01. The molecule has 1 saturated heterocycles. The number of carbonyl (C=O) groups excluding carboxylic acids is 1. The third-order valence-electron chi connectivity index (χ3n) is 4.24. The lowest BCUT2D eigenvalue weighted by molar-refractivity contribution is -0.153. The number of aryl methyl sites for hydroxylation is 1. The van der Waals surface area contributed by atoms with Gasteiger partial charge in [-0.3, -0.25) is 9.36 Å². The zero-order valence-electron chi connectivity index (χ0n) is 13.7. The van der Waals surface area contributed by atoms with Gasteiger partial charge in [-0.1, -0.05) is 13.8 Å². The van der Waals surface area contributed by atoms with Crippen LogP contribution in [0.3, 0.4) is 0 Å². The maximum absolute atomic E-state index is 11.5. The van der Waals surface area contributed by atoms with Crippen LogP contribution in [0.1, 0.15) is 39.2 Å². The van der Waals surface area contributed by atoms with Crippen molar-refractivity contribution in [2.75, 3.05) is 5.73 Å². The Balaban J connectivity index is 2.06. The molecule has 1 aliphatic heterocycles. The van der Waals surface area contributed by atoms with E-state index in [1.165, 1.54) is 6.92 Å². The molecule has 1 fully saturated rings. The minimum Gasteiger partial charge on any atom is -0.457 e. The van der Waals surface area contributed by atoms with Crippen molar-refractivity contribution in [1.29, 1.82) is 0 Å². The number of nitrogen functional groups attached to an aromatic ring is 1. The van der Waals surface area contributed by atoms with Crippen LogP contribution in [0, 0.1) is 12.8 Å². The van der Waals surface area contributed by atoms with E-state index in [-0.39, 0.29) is 18.0 Å². The van der Waals surface area contributed by atoms with Crippen molar-refractivity contribution in [3.05, 3.63) is 12.2 Å². The lowest BCUT2D eigenvalue weighted by atomic mass is 9.98. The largest absolute Gasteiger partial charge is 0.457 e. The Morgan fingerprint density at radius 1 is 1.48 bits per heavy atom. The van der Waals surface area contributed by atoms with E-state index in [1.807, 2.05) is 13.8 Å². The van der Waals surface area contributed by atoms with E-state index in [0.29, 0.717) is 22.8 Å². The fourth-order valence-corrected chi connectivity index (χ4v) is 3.14. The summed E-state index contributed by atoms with van der Waals surface area (Å²) < 4.78 is 13.4. The van der Waals surface area contributed by atoms with Gasteiger partial charge in [0.05, 0.1) is 12.4 Å². The molecule has 1 aliphatic rings. The second kappa shape index (κ2) is 5.77. The molecule has 2 N–H and O–H groups in total. The number of nitrogens with two attached hydrogens (primary N) is 1. The molecule has 23 heavy (non-hydrogen) atoms. The Kier molecular flexibility index (Phi) is 3.93. The fraction of sp³-hybridized carbons (Fsp3) is 0.600. The number of imidazole rings is 1. The van der Waals surface area contributed by atoms with Crippen LogP contribution in [0.25, 0.3) is 11.2 Å². The summed E-state index contributed by atoms with van der Waals surface area (Å²) in [6, 6.07) is 0. The molecule has 0 aliphatic carbocycles. The van der Waals surface area contributed by atoms with Crippen molar-refractivity contribution in [3.63, 3.8) is 0 Å². The minimum atomic E-state index is -0.474. The number of rotatable bonds is 3. The van der Waals surface area contributed by atoms with Crippen molar-refractivity contribution >= 4 is 23.0 Å². The molecular weight excluding hydrogens is 298 g/mol. The summed E-state index contributed by atoms with van der Waals surface area (Å²) in [6.45, 7) is 7.24. The molecule has 0 radical (unpaired) electrons. The molecule has 2 aromatic rings. The van der Waals surface area contributed by atoms with Crippen molar-refractivity contribution < 1.29 is 14.3 Å². The van der Waals surface area contributed by atoms with Gasteiger partial charge in [0.15, 0.2) is 23.8 Å². The van der Waals surface area contributed by atoms with E-state index in [9.17, 15) is 4.79 Å². The molecule has 0 amide bonds. The third kappa shape index (κ3) is 2.63. The van der Waals surface area contributed by atoms with Crippen LogP contribution in [0.2, 0.25) is 0 Å². The lowest BCUT2D eigenvalue weighted by Crippen LogP contribution is -2.29. The predicted molar refractivity (Wildman–Crippen MR) is 83.4 cm³/mol. The number of carbonyl (C=O) groups is 1. The molecule has 2 aromatic heterocycles. The molecule has 3 heterocycles. The van der Waals surface area contributed by atoms with Crippen LogP contribution >= 0.6 is 0 Å². The number of nitrogens with zero attached hydrogens (tertiary/aromatic N) is 4. The van der Waals surface area contributed by atoms with Gasteiger partial charge in [0.25, 0.3) is 0 Å². The highest BCUT2D eigenvalue weighted by Crippen LogP contribution is 2.38. The topological polar surface area (TPSA) is 105 Å². The van der Waals surface area contributed by atoms with Crippen LogP contribution in [-0.4, -0.2) is 37.7 Å². The lowest BCUT2D eigenvalue weighted by Gasteiger charge is -2.22. The Bertz CT molecular complexity index is 744. The van der Waals surface area contributed by atoms with E-state index in [4.69, 9.17) is 15.2 Å². The summed E-state index contributed by atoms with van der Waals surface area (Å²) in [7, 11) is 0. The highest BCUT2D eigenvalue weighted by molar-refractivity contribution is 5.81. The molecule has 0 saturated carbocycles. The van der Waals surface area contributed by atoms with Crippen LogP contribution in [-0.2, 0) is 14.3 Å². The molecular formula is C15H21N5O3. The molecule has 0 spiro atoms. The van der Waals surface area contributed by atoms with Gasteiger partial charge < -0.3 is 15.2 Å². The van der Waals surface area contributed by atoms with Gasteiger partial charge >= 0.3 is 5.97 Å². The second-order valence-electron chi connectivity index (χ2n) is 5.89. The highest BCUT2D eigenvalue weighted by atomic mass is 16.6. The van der Waals surface area contributed by atoms with E-state index in [1.54, 1.807) is 17.8 Å². The van der Waals surface area contributed by atoms with Crippen molar-refractivity contribution in [2.24, 2.45) is 5.92 Å².